The molecule has 0 saturated heterocycles. The molecule has 0 atom stereocenters. The van der Waals surface area contributed by atoms with Crippen LogP contribution >= 0.6 is 11.6 Å². The van der Waals surface area contributed by atoms with Crippen molar-refractivity contribution in [2.75, 3.05) is 14.1 Å². The van der Waals surface area contributed by atoms with Crippen LogP contribution in [0.1, 0.15) is 11.1 Å². The van der Waals surface area contributed by atoms with E-state index in [-0.39, 0.29) is 0 Å². The summed E-state index contributed by atoms with van der Waals surface area (Å²) in [6.45, 7) is 2.06. The molecule has 1 aromatic rings. The van der Waals surface area contributed by atoms with Gasteiger partial charge in [0, 0.05) is 0 Å². The maximum absolute atomic E-state index is 6.04. The average molecular weight is 183 g/mol. The average Bonchev–Trinajstić information content (AvgIpc) is 2.04. The summed E-state index contributed by atoms with van der Waals surface area (Å²) < 4.78 is 1.90. The van der Waals surface area contributed by atoms with E-state index in [9.17, 15) is 0 Å². The Kier molecular flexibility index (Phi) is 2.88. The SMILES string of the molecule is Cc1ccc(C(Cl)=[N+](C)C)cc1. The summed E-state index contributed by atoms with van der Waals surface area (Å²) in [5, 5.41) is 0.773. The summed E-state index contributed by atoms with van der Waals surface area (Å²) in [4.78, 5) is 0. The third-order valence-corrected chi connectivity index (χ3v) is 2.24. The van der Waals surface area contributed by atoms with Crippen molar-refractivity contribution in [3.63, 3.8) is 0 Å². The standard InChI is InChI=1S/C10H13ClN/c1-8-4-6-9(7-5-8)10(11)12(2)3/h4-7H,1-3H3/q+1. The Hall–Kier alpha value is -0.820. The first-order valence-electron chi connectivity index (χ1n) is 3.88. The number of aryl methyl sites for hydroxylation is 1. The van der Waals surface area contributed by atoms with Crippen molar-refractivity contribution in [1.82, 2.24) is 0 Å². The monoisotopic (exact) mass is 182 g/mol. The molecule has 0 heterocycles. The Morgan fingerprint density at radius 3 is 2.08 bits per heavy atom. The first kappa shape index (κ1) is 9.27. The lowest BCUT2D eigenvalue weighted by atomic mass is 10.2. The van der Waals surface area contributed by atoms with Gasteiger partial charge in [-0.3, -0.25) is 0 Å². The van der Waals surface area contributed by atoms with Gasteiger partial charge in [-0.15, -0.1) is 0 Å². The summed E-state index contributed by atoms with van der Waals surface area (Å²) in [6.07, 6.45) is 0. The zero-order valence-corrected chi connectivity index (χ0v) is 8.39. The molecule has 0 aromatic heterocycles. The number of hydrogen-bond donors (Lipinski definition) is 0. The van der Waals surface area contributed by atoms with Gasteiger partial charge in [-0.1, -0.05) is 17.7 Å². The largest absolute Gasteiger partial charge is 0.276 e. The van der Waals surface area contributed by atoms with E-state index >= 15 is 0 Å². The third kappa shape index (κ3) is 2.08. The molecular formula is C10H13ClN+. The summed E-state index contributed by atoms with van der Waals surface area (Å²) in [5.74, 6) is 0. The highest BCUT2D eigenvalue weighted by Gasteiger charge is 2.05. The Morgan fingerprint density at radius 2 is 1.67 bits per heavy atom. The molecule has 1 aromatic carbocycles. The Bertz CT molecular complexity index is 294. The molecule has 0 amide bonds. The molecular weight excluding hydrogens is 170 g/mol. The van der Waals surface area contributed by atoms with Crippen molar-refractivity contribution in [3.8, 4) is 0 Å². The second-order valence-corrected chi connectivity index (χ2v) is 3.41. The molecule has 0 radical (unpaired) electrons. The maximum atomic E-state index is 6.04. The van der Waals surface area contributed by atoms with Crippen LogP contribution in [0, 0.1) is 6.92 Å². The normalized spacial score (nSPS) is 9.67. The van der Waals surface area contributed by atoms with E-state index in [1.807, 2.05) is 30.8 Å². The van der Waals surface area contributed by atoms with Gasteiger partial charge >= 0.3 is 0 Å². The van der Waals surface area contributed by atoms with Gasteiger partial charge in [-0.25, -0.2) is 4.58 Å². The quantitative estimate of drug-likeness (QED) is 0.463. The number of rotatable bonds is 1. The minimum Gasteiger partial charge on any atom is -0.225 e. The van der Waals surface area contributed by atoms with E-state index in [0.29, 0.717) is 0 Å². The van der Waals surface area contributed by atoms with Crippen LogP contribution in [-0.2, 0) is 0 Å². The van der Waals surface area contributed by atoms with E-state index in [2.05, 4.69) is 19.1 Å². The molecule has 0 aliphatic rings. The summed E-state index contributed by atoms with van der Waals surface area (Å²) in [6, 6.07) is 8.16. The molecule has 0 saturated carbocycles. The van der Waals surface area contributed by atoms with E-state index < -0.39 is 0 Å². The van der Waals surface area contributed by atoms with Crippen molar-refractivity contribution >= 4 is 16.8 Å². The predicted molar refractivity (Wildman–Crippen MR) is 53.2 cm³/mol. The van der Waals surface area contributed by atoms with Crippen LogP contribution in [-0.4, -0.2) is 23.8 Å². The summed E-state index contributed by atoms with van der Waals surface area (Å²) in [5.41, 5.74) is 2.31. The van der Waals surface area contributed by atoms with Crippen LogP contribution in [0.2, 0.25) is 0 Å². The molecule has 64 valence electrons. The van der Waals surface area contributed by atoms with Crippen LogP contribution in [0.3, 0.4) is 0 Å². The highest BCUT2D eigenvalue weighted by Crippen LogP contribution is 2.06. The van der Waals surface area contributed by atoms with Crippen molar-refractivity contribution < 1.29 is 4.58 Å². The maximum Gasteiger partial charge on any atom is 0.276 e. The van der Waals surface area contributed by atoms with Crippen molar-refractivity contribution in [2.45, 2.75) is 6.92 Å². The number of nitrogens with zero attached hydrogens (tertiary/aromatic N) is 1. The van der Waals surface area contributed by atoms with Crippen molar-refractivity contribution in [2.24, 2.45) is 0 Å². The molecule has 2 heteroatoms. The molecule has 0 spiro atoms. The fourth-order valence-corrected chi connectivity index (χ4v) is 1.08. The van der Waals surface area contributed by atoms with Crippen molar-refractivity contribution in [1.29, 1.82) is 0 Å². The van der Waals surface area contributed by atoms with Crippen molar-refractivity contribution in [3.05, 3.63) is 35.4 Å². The third-order valence-electron chi connectivity index (χ3n) is 1.68. The first-order valence-corrected chi connectivity index (χ1v) is 4.26. The van der Waals surface area contributed by atoms with Crippen LogP contribution < -0.4 is 0 Å². The molecule has 0 fully saturated rings. The second kappa shape index (κ2) is 3.72. The van der Waals surface area contributed by atoms with E-state index in [0.717, 1.165) is 10.7 Å². The fourth-order valence-electron chi connectivity index (χ4n) is 0.949. The van der Waals surface area contributed by atoms with Crippen LogP contribution in [0.4, 0.5) is 0 Å². The van der Waals surface area contributed by atoms with Crippen LogP contribution in [0.5, 0.6) is 0 Å². The van der Waals surface area contributed by atoms with Gasteiger partial charge < -0.3 is 0 Å². The molecule has 0 aliphatic carbocycles. The minimum atomic E-state index is 0.773. The highest BCUT2D eigenvalue weighted by molar-refractivity contribution is 6.68. The molecule has 0 N–H and O–H groups in total. The Labute approximate surface area is 78.3 Å². The van der Waals surface area contributed by atoms with Gasteiger partial charge in [0.1, 0.15) is 14.1 Å². The molecule has 0 unspecified atom stereocenters. The van der Waals surface area contributed by atoms with Gasteiger partial charge in [0.15, 0.2) is 0 Å². The zero-order valence-electron chi connectivity index (χ0n) is 7.63. The van der Waals surface area contributed by atoms with E-state index in [1.54, 1.807) is 0 Å². The minimum absolute atomic E-state index is 0.773. The summed E-state index contributed by atoms with van der Waals surface area (Å²) >= 11 is 6.04. The second-order valence-electron chi connectivity index (χ2n) is 3.05. The van der Waals surface area contributed by atoms with Gasteiger partial charge in [0.05, 0.1) is 5.56 Å². The molecule has 1 nitrogen and oxygen atoms in total. The molecule has 12 heavy (non-hydrogen) atoms. The van der Waals surface area contributed by atoms with E-state index in [1.165, 1.54) is 5.56 Å². The van der Waals surface area contributed by atoms with Gasteiger partial charge in [0.2, 0.25) is 0 Å². The van der Waals surface area contributed by atoms with Crippen LogP contribution in [0.15, 0.2) is 24.3 Å². The topological polar surface area (TPSA) is 3.01 Å². The lowest BCUT2D eigenvalue weighted by molar-refractivity contribution is -0.461. The first-order chi connectivity index (χ1) is 5.61. The fraction of sp³-hybridized carbons (Fsp3) is 0.300. The summed E-state index contributed by atoms with van der Waals surface area (Å²) in [7, 11) is 3.87. The predicted octanol–water partition coefficient (Wildman–Crippen LogP) is 2.25. The van der Waals surface area contributed by atoms with E-state index in [4.69, 9.17) is 11.6 Å². The number of halogens is 1. The molecule has 0 aliphatic heterocycles. The molecule has 1 rings (SSSR count). The Balaban J connectivity index is 3.06. The lowest BCUT2D eigenvalue weighted by Gasteiger charge is -1.96. The number of benzene rings is 1. The zero-order chi connectivity index (χ0) is 9.14. The highest BCUT2D eigenvalue weighted by atomic mass is 35.5. The van der Waals surface area contributed by atoms with Gasteiger partial charge in [-0.2, -0.15) is 0 Å². The lowest BCUT2D eigenvalue weighted by Crippen LogP contribution is -2.07. The molecule has 0 bridgehead atoms. The van der Waals surface area contributed by atoms with Gasteiger partial charge in [0.25, 0.3) is 5.17 Å². The Morgan fingerprint density at radius 1 is 1.17 bits per heavy atom. The smallest absolute Gasteiger partial charge is 0.225 e. The number of hydrogen-bond acceptors (Lipinski definition) is 0. The van der Waals surface area contributed by atoms with Gasteiger partial charge in [-0.05, 0) is 30.7 Å². The van der Waals surface area contributed by atoms with Crippen LogP contribution in [0.25, 0.3) is 0 Å².